The fourth-order valence-corrected chi connectivity index (χ4v) is 4.64. The Balaban J connectivity index is 1.42. The van der Waals surface area contributed by atoms with Crippen molar-refractivity contribution in [3.8, 4) is 0 Å². The Morgan fingerprint density at radius 2 is 1.74 bits per heavy atom. The Kier molecular flexibility index (Phi) is 4.07. The standard InChI is InChI=1S/C19H24N6O2/c26-16-14-2-3-19(4-8-24(9-5-19)17-20-6-1-7-21-17)15(14)22-18(23-16)25-10-12-27-13-11-25/h1,6-7H,2-5,8-13H2,(H,22,23,26). The van der Waals surface area contributed by atoms with E-state index in [1.807, 2.05) is 6.07 Å². The minimum Gasteiger partial charge on any atom is -0.378 e. The molecule has 5 rings (SSSR count). The van der Waals surface area contributed by atoms with Gasteiger partial charge in [-0.25, -0.2) is 15.0 Å². The highest BCUT2D eigenvalue weighted by molar-refractivity contribution is 5.42. The van der Waals surface area contributed by atoms with Gasteiger partial charge in [0.25, 0.3) is 5.56 Å². The number of hydrogen-bond acceptors (Lipinski definition) is 7. The number of hydrogen-bond donors (Lipinski definition) is 1. The predicted octanol–water partition coefficient (Wildman–Crippen LogP) is 0.881. The van der Waals surface area contributed by atoms with Gasteiger partial charge in [0.2, 0.25) is 11.9 Å². The van der Waals surface area contributed by atoms with Gasteiger partial charge in [-0.2, -0.15) is 0 Å². The molecule has 0 atom stereocenters. The molecule has 2 fully saturated rings. The molecule has 2 aromatic heterocycles. The van der Waals surface area contributed by atoms with Crippen molar-refractivity contribution in [3.63, 3.8) is 0 Å². The molecular weight excluding hydrogens is 344 g/mol. The van der Waals surface area contributed by atoms with Crippen LogP contribution in [-0.4, -0.2) is 59.3 Å². The van der Waals surface area contributed by atoms with Crippen LogP contribution in [0.25, 0.3) is 0 Å². The third-order valence-corrected chi connectivity index (χ3v) is 6.23. The minimum atomic E-state index is 0.00983. The first-order valence-electron chi connectivity index (χ1n) is 9.74. The van der Waals surface area contributed by atoms with Crippen LogP contribution in [-0.2, 0) is 16.6 Å². The molecule has 4 heterocycles. The average molecular weight is 368 g/mol. The fraction of sp³-hybridized carbons (Fsp3) is 0.579. The molecule has 0 amide bonds. The molecule has 142 valence electrons. The number of ether oxygens (including phenoxy) is 1. The maximum absolute atomic E-state index is 12.7. The summed E-state index contributed by atoms with van der Waals surface area (Å²) in [5.41, 5.74) is 1.96. The summed E-state index contributed by atoms with van der Waals surface area (Å²) in [5.74, 6) is 1.50. The van der Waals surface area contributed by atoms with Crippen LogP contribution in [0.2, 0.25) is 0 Å². The van der Waals surface area contributed by atoms with Crippen molar-refractivity contribution >= 4 is 11.9 Å². The van der Waals surface area contributed by atoms with E-state index in [4.69, 9.17) is 9.72 Å². The van der Waals surface area contributed by atoms with Crippen LogP contribution in [0.3, 0.4) is 0 Å². The van der Waals surface area contributed by atoms with Gasteiger partial charge in [-0.1, -0.05) is 0 Å². The van der Waals surface area contributed by atoms with Gasteiger partial charge in [0.05, 0.1) is 18.9 Å². The van der Waals surface area contributed by atoms with Crippen LogP contribution in [0.5, 0.6) is 0 Å². The van der Waals surface area contributed by atoms with Gasteiger partial charge in [-0.3, -0.25) is 9.78 Å². The second-order valence-corrected chi connectivity index (χ2v) is 7.63. The minimum absolute atomic E-state index is 0.00983. The SMILES string of the molecule is O=c1[nH]c(N2CCOCC2)nc2c1CCC21CCN(c2ncccn2)CC1. The Hall–Kier alpha value is -2.48. The van der Waals surface area contributed by atoms with Gasteiger partial charge in [0.15, 0.2) is 0 Å². The number of morpholine rings is 1. The number of piperidine rings is 1. The molecule has 0 bridgehead atoms. The lowest BCUT2D eigenvalue weighted by Gasteiger charge is -2.39. The van der Waals surface area contributed by atoms with E-state index in [1.54, 1.807) is 12.4 Å². The summed E-state index contributed by atoms with van der Waals surface area (Å²) in [4.78, 5) is 33.8. The van der Waals surface area contributed by atoms with Crippen molar-refractivity contribution in [2.75, 3.05) is 49.2 Å². The third kappa shape index (κ3) is 2.88. The molecule has 27 heavy (non-hydrogen) atoms. The zero-order valence-corrected chi connectivity index (χ0v) is 15.4. The van der Waals surface area contributed by atoms with Gasteiger partial charge in [-0.05, 0) is 31.7 Å². The molecule has 3 aliphatic rings. The number of anilines is 2. The number of nitrogens with zero attached hydrogens (tertiary/aromatic N) is 5. The molecule has 1 N–H and O–H groups in total. The van der Waals surface area contributed by atoms with Gasteiger partial charge < -0.3 is 14.5 Å². The first-order chi connectivity index (χ1) is 13.3. The van der Waals surface area contributed by atoms with Crippen LogP contribution >= 0.6 is 0 Å². The van der Waals surface area contributed by atoms with Crippen LogP contribution in [0, 0.1) is 0 Å². The van der Waals surface area contributed by atoms with Crippen LogP contribution in [0.15, 0.2) is 23.3 Å². The lowest BCUT2D eigenvalue weighted by Crippen LogP contribution is -2.43. The molecule has 2 aromatic rings. The molecule has 0 unspecified atom stereocenters. The molecule has 8 nitrogen and oxygen atoms in total. The maximum atomic E-state index is 12.7. The molecule has 0 radical (unpaired) electrons. The van der Waals surface area contributed by atoms with Crippen molar-refractivity contribution in [1.82, 2.24) is 19.9 Å². The van der Waals surface area contributed by atoms with E-state index in [-0.39, 0.29) is 11.0 Å². The Bertz CT molecular complexity index is 870. The summed E-state index contributed by atoms with van der Waals surface area (Å²) < 4.78 is 5.43. The van der Waals surface area contributed by atoms with Crippen molar-refractivity contribution in [3.05, 3.63) is 40.1 Å². The monoisotopic (exact) mass is 368 g/mol. The zero-order chi connectivity index (χ0) is 18.3. The highest BCUT2D eigenvalue weighted by Gasteiger charge is 2.44. The third-order valence-electron chi connectivity index (χ3n) is 6.23. The molecule has 1 aliphatic carbocycles. The van der Waals surface area contributed by atoms with Crippen molar-refractivity contribution < 1.29 is 4.74 Å². The van der Waals surface area contributed by atoms with E-state index < -0.39 is 0 Å². The zero-order valence-electron chi connectivity index (χ0n) is 15.4. The predicted molar refractivity (Wildman–Crippen MR) is 101 cm³/mol. The average Bonchev–Trinajstić information content (AvgIpc) is 3.08. The van der Waals surface area contributed by atoms with E-state index in [2.05, 4.69) is 24.8 Å². The van der Waals surface area contributed by atoms with E-state index in [9.17, 15) is 4.79 Å². The topological polar surface area (TPSA) is 87.2 Å². The molecule has 2 saturated heterocycles. The van der Waals surface area contributed by atoms with Crippen LogP contribution < -0.4 is 15.4 Å². The van der Waals surface area contributed by atoms with Gasteiger partial charge in [0.1, 0.15) is 0 Å². The van der Waals surface area contributed by atoms with Gasteiger partial charge in [-0.15, -0.1) is 0 Å². The van der Waals surface area contributed by atoms with E-state index in [0.29, 0.717) is 19.2 Å². The van der Waals surface area contributed by atoms with Crippen molar-refractivity contribution in [1.29, 1.82) is 0 Å². The Labute approximate surface area is 157 Å². The molecule has 2 aliphatic heterocycles. The largest absolute Gasteiger partial charge is 0.378 e. The fourth-order valence-electron chi connectivity index (χ4n) is 4.64. The lowest BCUT2D eigenvalue weighted by atomic mass is 9.76. The highest BCUT2D eigenvalue weighted by Crippen LogP contribution is 2.44. The van der Waals surface area contributed by atoms with E-state index in [1.165, 1.54) is 0 Å². The molecule has 0 aromatic carbocycles. The molecular formula is C19H24N6O2. The normalized spacial score (nSPS) is 21.5. The summed E-state index contributed by atoms with van der Waals surface area (Å²) in [6.07, 6.45) is 7.37. The van der Waals surface area contributed by atoms with E-state index >= 15 is 0 Å². The van der Waals surface area contributed by atoms with Crippen LogP contribution in [0.1, 0.15) is 30.5 Å². The molecule has 8 heteroatoms. The number of nitrogens with one attached hydrogen (secondary N) is 1. The number of aromatic amines is 1. The lowest BCUT2D eigenvalue weighted by molar-refractivity contribution is 0.122. The second kappa shape index (κ2) is 6.60. The first kappa shape index (κ1) is 16.7. The summed E-state index contributed by atoms with van der Waals surface area (Å²) in [5, 5.41) is 0. The smallest absolute Gasteiger partial charge is 0.255 e. The second-order valence-electron chi connectivity index (χ2n) is 7.63. The highest BCUT2D eigenvalue weighted by atomic mass is 16.5. The number of rotatable bonds is 2. The van der Waals surface area contributed by atoms with Gasteiger partial charge >= 0.3 is 0 Å². The van der Waals surface area contributed by atoms with Crippen molar-refractivity contribution in [2.45, 2.75) is 31.1 Å². The number of fused-ring (bicyclic) bond motifs is 2. The summed E-state index contributed by atoms with van der Waals surface area (Å²) in [6, 6.07) is 1.84. The Morgan fingerprint density at radius 3 is 2.48 bits per heavy atom. The van der Waals surface area contributed by atoms with Crippen LogP contribution in [0.4, 0.5) is 11.9 Å². The summed E-state index contributed by atoms with van der Waals surface area (Å²) >= 11 is 0. The number of H-pyrrole nitrogens is 1. The molecule has 0 saturated carbocycles. The summed E-state index contributed by atoms with van der Waals surface area (Å²) in [7, 11) is 0. The van der Waals surface area contributed by atoms with Gasteiger partial charge in [0, 0.05) is 49.6 Å². The maximum Gasteiger partial charge on any atom is 0.255 e. The van der Waals surface area contributed by atoms with Crippen molar-refractivity contribution in [2.24, 2.45) is 0 Å². The number of aromatic nitrogens is 4. The summed E-state index contributed by atoms with van der Waals surface area (Å²) in [6.45, 7) is 4.69. The first-order valence-corrected chi connectivity index (χ1v) is 9.74. The quantitative estimate of drug-likeness (QED) is 0.842. The van der Waals surface area contributed by atoms with E-state index in [0.717, 1.165) is 69.1 Å². The Morgan fingerprint density at radius 1 is 1.00 bits per heavy atom. The molecule has 1 spiro atoms.